The van der Waals surface area contributed by atoms with Crippen LogP contribution in [0, 0.1) is 5.92 Å². The minimum Gasteiger partial charge on any atom is -0.463 e. The van der Waals surface area contributed by atoms with Gasteiger partial charge in [-0.25, -0.2) is 4.79 Å². The lowest BCUT2D eigenvalue weighted by atomic mass is 10.1. The van der Waals surface area contributed by atoms with Crippen molar-refractivity contribution in [1.29, 1.82) is 0 Å². The molecule has 150 valence electrons. The Bertz CT molecular complexity index is 858. The molecule has 1 unspecified atom stereocenters. The second-order valence-electron chi connectivity index (χ2n) is 6.34. The van der Waals surface area contributed by atoms with E-state index in [9.17, 15) is 14.4 Å². The Morgan fingerprint density at radius 2 is 2.21 bits per heavy atom. The molecule has 0 radical (unpaired) electrons. The molecule has 0 aliphatic carbocycles. The van der Waals surface area contributed by atoms with E-state index in [4.69, 9.17) is 9.15 Å². The van der Waals surface area contributed by atoms with Gasteiger partial charge in [-0.15, -0.1) is 0 Å². The monoisotopic (exact) mass is 390 g/mol. The third-order valence-corrected chi connectivity index (χ3v) is 4.52. The highest BCUT2D eigenvalue weighted by molar-refractivity contribution is 6.00. The SMILES string of the molecule is COCCn1cc(N2CC(C(=O)NCc3ccoc3C(=O)OC)CC2=O)cn1. The number of esters is 1. The molecular weight excluding hydrogens is 368 g/mol. The van der Waals surface area contributed by atoms with Crippen LogP contribution >= 0.6 is 0 Å². The molecule has 1 aliphatic rings. The van der Waals surface area contributed by atoms with E-state index in [0.717, 1.165) is 0 Å². The predicted molar refractivity (Wildman–Crippen MR) is 96.5 cm³/mol. The van der Waals surface area contributed by atoms with Gasteiger partial charge in [0.25, 0.3) is 0 Å². The van der Waals surface area contributed by atoms with Crippen molar-refractivity contribution in [2.75, 3.05) is 32.3 Å². The summed E-state index contributed by atoms with van der Waals surface area (Å²) >= 11 is 0. The number of methoxy groups -OCH3 is 2. The fourth-order valence-electron chi connectivity index (χ4n) is 3.01. The summed E-state index contributed by atoms with van der Waals surface area (Å²) in [4.78, 5) is 38.0. The molecular formula is C18H22N4O6. The molecule has 0 saturated carbocycles. The van der Waals surface area contributed by atoms with Crippen molar-refractivity contribution in [3.8, 4) is 0 Å². The number of anilines is 1. The van der Waals surface area contributed by atoms with Crippen LogP contribution in [0.25, 0.3) is 0 Å². The Morgan fingerprint density at radius 1 is 1.39 bits per heavy atom. The van der Waals surface area contributed by atoms with Crippen LogP contribution in [-0.4, -0.2) is 54.9 Å². The molecule has 3 heterocycles. The largest absolute Gasteiger partial charge is 0.463 e. The minimum atomic E-state index is -0.609. The van der Waals surface area contributed by atoms with Crippen molar-refractivity contribution >= 4 is 23.5 Å². The second-order valence-corrected chi connectivity index (χ2v) is 6.34. The van der Waals surface area contributed by atoms with E-state index in [1.165, 1.54) is 13.4 Å². The fourth-order valence-corrected chi connectivity index (χ4v) is 3.01. The van der Waals surface area contributed by atoms with Crippen LogP contribution in [0.5, 0.6) is 0 Å². The molecule has 2 aromatic rings. The van der Waals surface area contributed by atoms with Gasteiger partial charge in [-0.1, -0.05) is 0 Å². The maximum Gasteiger partial charge on any atom is 0.374 e. The molecule has 1 saturated heterocycles. The molecule has 1 aliphatic heterocycles. The van der Waals surface area contributed by atoms with Gasteiger partial charge in [0.1, 0.15) is 0 Å². The van der Waals surface area contributed by atoms with Crippen LogP contribution < -0.4 is 10.2 Å². The number of nitrogens with one attached hydrogen (secondary N) is 1. The zero-order valence-corrected chi connectivity index (χ0v) is 15.7. The average Bonchev–Trinajstić information content (AvgIpc) is 3.43. The maximum absolute atomic E-state index is 12.5. The first-order valence-electron chi connectivity index (χ1n) is 8.77. The Labute approximate surface area is 161 Å². The number of hydrogen-bond donors (Lipinski definition) is 1. The van der Waals surface area contributed by atoms with E-state index in [1.807, 2.05) is 0 Å². The molecule has 0 spiro atoms. The number of aromatic nitrogens is 2. The average molecular weight is 390 g/mol. The molecule has 10 nitrogen and oxygen atoms in total. The lowest BCUT2D eigenvalue weighted by Gasteiger charge is -2.14. The van der Waals surface area contributed by atoms with Gasteiger partial charge in [-0.2, -0.15) is 5.10 Å². The second kappa shape index (κ2) is 8.70. The summed E-state index contributed by atoms with van der Waals surface area (Å²) in [5.74, 6) is -1.44. The van der Waals surface area contributed by atoms with E-state index in [-0.39, 0.29) is 37.1 Å². The maximum atomic E-state index is 12.5. The van der Waals surface area contributed by atoms with Crippen molar-refractivity contribution in [3.63, 3.8) is 0 Å². The number of carbonyl (C=O) groups is 3. The smallest absolute Gasteiger partial charge is 0.374 e. The van der Waals surface area contributed by atoms with Gasteiger partial charge in [0.15, 0.2) is 0 Å². The van der Waals surface area contributed by atoms with Crippen LogP contribution in [0.3, 0.4) is 0 Å². The number of furan rings is 1. The number of amides is 2. The van der Waals surface area contributed by atoms with Gasteiger partial charge in [0, 0.05) is 38.4 Å². The zero-order valence-electron chi connectivity index (χ0n) is 15.7. The summed E-state index contributed by atoms with van der Waals surface area (Å²) in [5, 5.41) is 6.94. The summed E-state index contributed by atoms with van der Waals surface area (Å²) in [7, 11) is 2.86. The number of ether oxygens (including phenoxy) is 2. The molecule has 3 rings (SSSR count). The normalized spacial score (nSPS) is 16.4. The quantitative estimate of drug-likeness (QED) is 0.656. The van der Waals surface area contributed by atoms with Crippen LogP contribution in [0.4, 0.5) is 5.69 Å². The zero-order chi connectivity index (χ0) is 20.1. The number of rotatable bonds is 8. The Kier molecular flexibility index (Phi) is 6.09. The van der Waals surface area contributed by atoms with Crippen LogP contribution in [0.15, 0.2) is 29.1 Å². The van der Waals surface area contributed by atoms with Crippen molar-refractivity contribution in [1.82, 2.24) is 15.1 Å². The van der Waals surface area contributed by atoms with E-state index in [2.05, 4.69) is 15.2 Å². The van der Waals surface area contributed by atoms with E-state index >= 15 is 0 Å². The molecule has 1 fully saturated rings. The fraction of sp³-hybridized carbons (Fsp3) is 0.444. The highest BCUT2D eigenvalue weighted by atomic mass is 16.5. The predicted octanol–water partition coefficient (Wildman–Crippen LogP) is 0.578. The molecule has 28 heavy (non-hydrogen) atoms. The minimum absolute atomic E-state index is 0.0513. The topological polar surface area (TPSA) is 116 Å². The first kappa shape index (κ1) is 19.6. The van der Waals surface area contributed by atoms with Crippen LogP contribution in [-0.2, 0) is 32.2 Å². The Balaban J connectivity index is 1.57. The molecule has 0 bridgehead atoms. The molecule has 2 amide bonds. The number of nitrogens with zero attached hydrogens (tertiary/aromatic N) is 3. The first-order chi connectivity index (χ1) is 13.5. The lowest BCUT2D eigenvalue weighted by Crippen LogP contribution is -2.32. The first-order valence-corrected chi connectivity index (χ1v) is 8.77. The van der Waals surface area contributed by atoms with Gasteiger partial charge in [0.05, 0.1) is 44.3 Å². The third-order valence-electron chi connectivity index (χ3n) is 4.52. The Hall–Kier alpha value is -3.14. The number of hydrogen-bond acceptors (Lipinski definition) is 7. The van der Waals surface area contributed by atoms with Crippen LogP contribution in [0.2, 0.25) is 0 Å². The van der Waals surface area contributed by atoms with Gasteiger partial charge in [-0.3, -0.25) is 14.3 Å². The van der Waals surface area contributed by atoms with Crippen molar-refractivity contribution < 1.29 is 28.3 Å². The summed E-state index contributed by atoms with van der Waals surface area (Å²) in [5.41, 5.74) is 1.17. The molecule has 1 N–H and O–H groups in total. The van der Waals surface area contributed by atoms with Gasteiger partial charge in [-0.05, 0) is 6.07 Å². The van der Waals surface area contributed by atoms with E-state index in [1.54, 1.807) is 35.2 Å². The third kappa shape index (κ3) is 4.22. The lowest BCUT2D eigenvalue weighted by molar-refractivity contribution is -0.126. The summed E-state index contributed by atoms with van der Waals surface area (Å²) in [6, 6.07) is 1.59. The van der Waals surface area contributed by atoms with Crippen molar-refractivity contribution in [2.45, 2.75) is 19.5 Å². The van der Waals surface area contributed by atoms with Gasteiger partial charge in [0.2, 0.25) is 17.6 Å². The highest BCUT2D eigenvalue weighted by Gasteiger charge is 2.35. The van der Waals surface area contributed by atoms with Crippen LogP contribution in [0.1, 0.15) is 22.5 Å². The highest BCUT2D eigenvalue weighted by Crippen LogP contribution is 2.25. The molecule has 0 aromatic carbocycles. The van der Waals surface area contributed by atoms with Crippen molar-refractivity contribution in [2.24, 2.45) is 5.92 Å². The number of carbonyl (C=O) groups excluding carboxylic acids is 3. The summed E-state index contributed by atoms with van der Waals surface area (Å²) < 4.78 is 16.4. The standard InChI is InChI=1S/C18H22N4O6/c1-26-6-4-21-11-14(9-20-21)22-10-13(7-15(22)23)17(24)19-8-12-3-5-28-16(12)18(25)27-2/h3,5,9,11,13H,4,6-8,10H2,1-2H3,(H,19,24). The Morgan fingerprint density at radius 3 is 2.96 bits per heavy atom. The molecule has 10 heteroatoms. The van der Waals surface area contributed by atoms with E-state index in [0.29, 0.717) is 24.4 Å². The molecule has 1 atom stereocenters. The van der Waals surface area contributed by atoms with Gasteiger partial charge < -0.3 is 24.1 Å². The van der Waals surface area contributed by atoms with E-state index < -0.39 is 11.9 Å². The summed E-state index contributed by atoms with van der Waals surface area (Å²) in [6.07, 6.45) is 4.83. The summed E-state index contributed by atoms with van der Waals surface area (Å²) in [6.45, 7) is 1.48. The van der Waals surface area contributed by atoms with Gasteiger partial charge >= 0.3 is 5.97 Å². The van der Waals surface area contributed by atoms with Crippen molar-refractivity contribution in [3.05, 3.63) is 36.0 Å². The molecule has 2 aromatic heterocycles.